The van der Waals surface area contributed by atoms with Gasteiger partial charge in [-0.3, -0.25) is 4.79 Å². The van der Waals surface area contributed by atoms with Gasteiger partial charge in [0.05, 0.1) is 17.9 Å². The highest BCUT2D eigenvalue weighted by molar-refractivity contribution is 6.18. The van der Waals surface area contributed by atoms with Gasteiger partial charge in [-0.15, -0.1) is 0 Å². The maximum absolute atomic E-state index is 13.2. The van der Waals surface area contributed by atoms with Crippen molar-refractivity contribution in [3.63, 3.8) is 0 Å². The predicted molar refractivity (Wildman–Crippen MR) is 114 cm³/mol. The molecule has 1 amide bonds. The van der Waals surface area contributed by atoms with Gasteiger partial charge in [0.15, 0.2) is 0 Å². The van der Waals surface area contributed by atoms with E-state index >= 15 is 0 Å². The number of amides is 1. The predicted octanol–water partition coefficient (Wildman–Crippen LogP) is 4.39. The molecule has 5 nitrogen and oxygen atoms in total. The number of esters is 1. The number of aryl methyl sites for hydroxylation is 2. The monoisotopic (exact) mass is 388 g/mol. The molecular formula is C24H24N2O3. The van der Waals surface area contributed by atoms with Gasteiger partial charge in [-0.05, 0) is 62.1 Å². The Bertz CT molecular complexity index is 1140. The Labute approximate surface area is 170 Å². The molecule has 2 heterocycles. The van der Waals surface area contributed by atoms with Gasteiger partial charge in [0, 0.05) is 29.2 Å². The van der Waals surface area contributed by atoms with Gasteiger partial charge in [-0.25, -0.2) is 4.79 Å². The van der Waals surface area contributed by atoms with Crippen molar-refractivity contribution in [2.45, 2.75) is 27.2 Å². The molecule has 0 fully saturated rings. The van der Waals surface area contributed by atoms with Crippen LogP contribution in [-0.2, 0) is 16.0 Å². The van der Waals surface area contributed by atoms with Crippen LogP contribution in [0.5, 0.6) is 0 Å². The van der Waals surface area contributed by atoms with E-state index in [1.807, 2.05) is 56.3 Å². The molecule has 2 aromatic carbocycles. The number of rotatable bonds is 3. The zero-order valence-corrected chi connectivity index (χ0v) is 16.9. The highest BCUT2D eigenvalue weighted by Crippen LogP contribution is 2.31. The van der Waals surface area contributed by atoms with Crippen molar-refractivity contribution >= 4 is 28.4 Å². The summed E-state index contributed by atoms with van der Waals surface area (Å²) in [5.74, 6) is -0.551. The number of aromatic nitrogens is 1. The summed E-state index contributed by atoms with van der Waals surface area (Å²) < 4.78 is 5.29. The number of H-pyrrole nitrogens is 1. The number of hydrogen-bond acceptors (Lipinski definition) is 3. The largest absolute Gasteiger partial charge is 0.462 e. The van der Waals surface area contributed by atoms with Crippen molar-refractivity contribution in [1.82, 2.24) is 9.88 Å². The Hall–Kier alpha value is -3.34. The zero-order chi connectivity index (χ0) is 20.5. The van der Waals surface area contributed by atoms with Crippen molar-refractivity contribution in [3.8, 4) is 0 Å². The lowest BCUT2D eigenvalue weighted by atomic mass is 10.0. The molecule has 1 aliphatic rings. The smallest absolute Gasteiger partial charge is 0.341 e. The minimum atomic E-state index is -0.430. The number of benzene rings is 2. The molecule has 0 saturated carbocycles. The molecule has 1 N–H and O–H groups in total. The summed E-state index contributed by atoms with van der Waals surface area (Å²) in [6.07, 6.45) is 2.28. The van der Waals surface area contributed by atoms with Crippen LogP contribution >= 0.6 is 0 Å². The molecule has 4 rings (SSSR count). The van der Waals surface area contributed by atoms with Gasteiger partial charge >= 0.3 is 5.97 Å². The number of carbonyl (C=O) groups excluding carboxylic acids is 2. The Kier molecular flexibility index (Phi) is 4.97. The SMILES string of the molecule is CCOC(=O)C1=CN(C(=O)c2ccc(C)c(C)c2)CCc2c1[nH]c1ccccc21. The average Bonchev–Trinajstić information content (AvgIpc) is 2.97. The molecule has 0 unspecified atom stereocenters. The zero-order valence-electron chi connectivity index (χ0n) is 16.9. The third-order valence-electron chi connectivity index (χ3n) is 5.48. The summed E-state index contributed by atoms with van der Waals surface area (Å²) in [5.41, 5.74) is 5.95. The van der Waals surface area contributed by atoms with E-state index in [1.54, 1.807) is 18.0 Å². The molecule has 0 saturated heterocycles. The Morgan fingerprint density at radius 1 is 1.10 bits per heavy atom. The minimum Gasteiger partial charge on any atom is -0.462 e. The Morgan fingerprint density at radius 3 is 2.66 bits per heavy atom. The summed E-state index contributed by atoms with van der Waals surface area (Å²) in [5, 5.41) is 1.07. The second-order valence-electron chi connectivity index (χ2n) is 7.33. The highest BCUT2D eigenvalue weighted by Gasteiger charge is 2.27. The van der Waals surface area contributed by atoms with Crippen LogP contribution in [0, 0.1) is 13.8 Å². The number of nitrogens with zero attached hydrogens (tertiary/aromatic N) is 1. The van der Waals surface area contributed by atoms with E-state index in [1.165, 1.54) is 0 Å². The molecular weight excluding hydrogens is 364 g/mol. The fourth-order valence-corrected chi connectivity index (χ4v) is 3.77. The molecule has 0 bridgehead atoms. The first-order valence-electron chi connectivity index (χ1n) is 9.86. The van der Waals surface area contributed by atoms with Gasteiger partial charge < -0.3 is 14.6 Å². The fraction of sp³-hybridized carbons (Fsp3) is 0.250. The summed E-state index contributed by atoms with van der Waals surface area (Å²) in [4.78, 5) is 30.9. The quantitative estimate of drug-likeness (QED) is 0.677. The summed E-state index contributed by atoms with van der Waals surface area (Å²) in [6, 6.07) is 13.6. The van der Waals surface area contributed by atoms with Crippen molar-refractivity contribution in [1.29, 1.82) is 0 Å². The number of carbonyl (C=O) groups is 2. The van der Waals surface area contributed by atoms with Crippen LogP contribution in [-0.4, -0.2) is 34.9 Å². The minimum absolute atomic E-state index is 0.121. The van der Waals surface area contributed by atoms with E-state index in [-0.39, 0.29) is 12.5 Å². The number of fused-ring (bicyclic) bond motifs is 3. The molecule has 29 heavy (non-hydrogen) atoms. The second kappa shape index (κ2) is 7.59. The number of nitrogens with one attached hydrogen (secondary N) is 1. The molecule has 1 aromatic heterocycles. The van der Waals surface area contributed by atoms with E-state index in [4.69, 9.17) is 4.74 Å². The van der Waals surface area contributed by atoms with Crippen LogP contribution in [0.3, 0.4) is 0 Å². The average molecular weight is 388 g/mol. The fourth-order valence-electron chi connectivity index (χ4n) is 3.77. The first-order valence-corrected chi connectivity index (χ1v) is 9.86. The standard InChI is InChI=1S/C24H24N2O3/c1-4-29-24(28)20-14-26(23(27)17-10-9-15(2)16(3)13-17)12-11-19-18-7-5-6-8-21(18)25-22(19)20/h5-10,13-14,25H,4,11-12H2,1-3H3. The lowest BCUT2D eigenvalue weighted by Gasteiger charge is -2.18. The van der Waals surface area contributed by atoms with Crippen molar-refractivity contribution in [3.05, 3.63) is 76.6 Å². The van der Waals surface area contributed by atoms with Crippen LogP contribution in [0.15, 0.2) is 48.7 Å². The van der Waals surface area contributed by atoms with E-state index in [0.29, 0.717) is 24.1 Å². The van der Waals surface area contributed by atoms with Gasteiger partial charge in [-0.1, -0.05) is 24.3 Å². The maximum atomic E-state index is 13.2. The molecule has 0 spiro atoms. The maximum Gasteiger partial charge on any atom is 0.341 e. The third kappa shape index (κ3) is 3.44. The molecule has 0 radical (unpaired) electrons. The second-order valence-corrected chi connectivity index (χ2v) is 7.33. The summed E-state index contributed by atoms with van der Waals surface area (Å²) in [6.45, 7) is 6.55. The van der Waals surface area contributed by atoms with Crippen molar-refractivity contribution < 1.29 is 14.3 Å². The van der Waals surface area contributed by atoms with E-state index in [0.717, 1.165) is 33.3 Å². The molecule has 5 heteroatoms. The first kappa shape index (κ1) is 19.0. The summed E-state index contributed by atoms with van der Waals surface area (Å²) >= 11 is 0. The van der Waals surface area contributed by atoms with Gasteiger partial charge in [0.2, 0.25) is 0 Å². The third-order valence-corrected chi connectivity index (χ3v) is 5.48. The molecule has 148 valence electrons. The van der Waals surface area contributed by atoms with Gasteiger partial charge in [-0.2, -0.15) is 0 Å². The number of hydrogen-bond donors (Lipinski definition) is 1. The van der Waals surface area contributed by atoms with Gasteiger partial charge in [0.1, 0.15) is 0 Å². The van der Waals surface area contributed by atoms with Gasteiger partial charge in [0.25, 0.3) is 5.91 Å². The van der Waals surface area contributed by atoms with Crippen molar-refractivity contribution in [2.75, 3.05) is 13.2 Å². The number of ether oxygens (including phenoxy) is 1. The van der Waals surface area contributed by atoms with E-state index in [2.05, 4.69) is 4.98 Å². The molecule has 3 aromatic rings. The van der Waals surface area contributed by atoms with Crippen LogP contribution in [0.1, 0.15) is 39.7 Å². The number of aromatic amines is 1. The van der Waals surface area contributed by atoms with Crippen LogP contribution in [0.2, 0.25) is 0 Å². The molecule has 0 aliphatic carbocycles. The molecule has 1 aliphatic heterocycles. The van der Waals surface area contributed by atoms with Crippen LogP contribution in [0.25, 0.3) is 16.5 Å². The highest BCUT2D eigenvalue weighted by atomic mass is 16.5. The lowest BCUT2D eigenvalue weighted by molar-refractivity contribution is -0.136. The number of para-hydroxylation sites is 1. The van der Waals surface area contributed by atoms with E-state index < -0.39 is 5.97 Å². The molecule has 0 atom stereocenters. The Balaban J connectivity index is 1.79. The van der Waals surface area contributed by atoms with Crippen molar-refractivity contribution in [2.24, 2.45) is 0 Å². The Morgan fingerprint density at radius 2 is 1.90 bits per heavy atom. The normalized spacial score (nSPS) is 13.6. The lowest BCUT2D eigenvalue weighted by Crippen LogP contribution is -2.28. The van der Waals surface area contributed by atoms with Crippen LogP contribution < -0.4 is 0 Å². The first-order chi connectivity index (χ1) is 14.0. The topological polar surface area (TPSA) is 62.4 Å². The summed E-state index contributed by atoms with van der Waals surface area (Å²) in [7, 11) is 0. The van der Waals surface area contributed by atoms with Crippen LogP contribution in [0.4, 0.5) is 0 Å². The van der Waals surface area contributed by atoms with E-state index in [9.17, 15) is 9.59 Å².